The fourth-order valence-electron chi connectivity index (χ4n) is 1.23. The summed E-state index contributed by atoms with van der Waals surface area (Å²) in [5.41, 5.74) is 0. The molecule has 16 heavy (non-hydrogen) atoms. The summed E-state index contributed by atoms with van der Waals surface area (Å²) in [6, 6.07) is 18.4. The molecule has 0 amide bonds. The molecule has 0 saturated heterocycles. The molecule has 2 aromatic rings. The summed E-state index contributed by atoms with van der Waals surface area (Å²) >= 11 is 0. The summed E-state index contributed by atoms with van der Waals surface area (Å²) in [5.74, 6) is 0.644. The molecule has 0 bridgehead atoms. The normalized spacial score (nSPS) is 11.2. The Kier molecular flexibility index (Phi) is 6.15. The van der Waals surface area contributed by atoms with Gasteiger partial charge in [-0.1, -0.05) is 36.4 Å². The Morgan fingerprint density at radius 1 is 0.812 bits per heavy atom. The Balaban J connectivity index is 0.00000128. The van der Waals surface area contributed by atoms with Crippen LogP contribution in [0.2, 0.25) is 0 Å². The SMILES string of the molecule is O=[PH](Oc1ccccc1)c1ccccc1.[CaH2]. The van der Waals surface area contributed by atoms with Crippen LogP contribution in [0.25, 0.3) is 0 Å². The number of hydrogen-bond donors (Lipinski definition) is 0. The fraction of sp³-hybridized carbons (Fsp3) is 0. The topological polar surface area (TPSA) is 26.3 Å². The molecular weight excluding hydrogens is 247 g/mol. The van der Waals surface area contributed by atoms with E-state index < -0.39 is 8.03 Å². The predicted octanol–water partition coefficient (Wildman–Crippen LogP) is 1.95. The zero-order valence-corrected chi connectivity index (χ0v) is 9.09. The number of benzene rings is 2. The second-order valence-corrected chi connectivity index (χ2v) is 4.42. The van der Waals surface area contributed by atoms with E-state index in [1.165, 1.54) is 0 Å². The second kappa shape index (κ2) is 7.13. The van der Waals surface area contributed by atoms with Crippen LogP contribution in [0.5, 0.6) is 5.75 Å². The molecular formula is C12H13CaO2P. The van der Waals surface area contributed by atoms with Crippen LogP contribution < -0.4 is 9.83 Å². The van der Waals surface area contributed by atoms with Crippen molar-refractivity contribution in [3.05, 3.63) is 60.7 Å². The number of hydrogen-bond acceptors (Lipinski definition) is 2. The van der Waals surface area contributed by atoms with Crippen molar-refractivity contribution in [3.8, 4) is 5.75 Å². The molecule has 0 aliphatic heterocycles. The fourth-order valence-corrected chi connectivity index (χ4v) is 2.16. The van der Waals surface area contributed by atoms with Gasteiger partial charge in [-0.05, 0) is 24.3 Å². The Morgan fingerprint density at radius 3 is 1.88 bits per heavy atom. The third-order valence-electron chi connectivity index (χ3n) is 1.96. The molecule has 0 heterocycles. The van der Waals surface area contributed by atoms with Gasteiger partial charge in [-0.25, -0.2) is 0 Å². The Hall–Kier alpha value is -0.270. The summed E-state index contributed by atoms with van der Waals surface area (Å²) in [4.78, 5) is 0. The first kappa shape index (κ1) is 13.8. The van der Waals surface area contributed by atoms with Crippen molar-refractivity contribution in [1.29, 1.82) is 0 Å². The van der Waals surface area contributed by atoms with Crippen LogP contribution in [-0.4, -0.2) is 37.7 Å². The van der Waals surface area contributed by atoms with Crippen molar-refractivity contribution in [3.63, 3.8) is 0 Å². The van der Waals surface area contributed by atoms with Crippen LogP contribution in [0.4, 0.5) is 0 Å². The van der Waals surface area contributed by atoms with Gasteiger partial charge in [0.05, 0.1) is 0 Å². The zero-order valence-electron chi connectivity index (χ0n) is 8.09. The van der Waals surface area contributed by atoms with Crippen LogP contribution in [-0.2, 0) is 4.57 Å². The van der Waals surface area contributed by atoms with Crippen LogP contribution >= 0.6 is 8.03 Å². The van der Waals surface area contributed by atoms with E-state index in [1.54, 1.807) is 12.1 Å². The van der Waals surface area contributed by atoms with Gasteiger partial charge in [-0.15, -0.1) is 0 Å². The van der Waals surface area contributed by atoms with Gasteiger partial charge in [0.25, 0.3) is 8.03 Å². The van der Waals surface area contributed by atoms with Crippen molar-refractivity contribution in [2.24, 2.45) is 0 Å². The van der Waals surface area contributed by atoms with Crippen molar-refractivity contribution in [2.45, 2.75) is 0 Å². The average Bonchev–Trinajstić information content (AvgIpc) is 2.31. The molecule has 0 radical (unpaired) electrons. The van der Waals surface area contributed by atoms with Crippen LogP contribution in [0.1, 0.15) is 0 Å². The monoisotopic (exact) mass is 260 g/mol. The third kappa shape index (κ3) is 3.95. The second-order valence-electron chi connectivity index (χ2n) is 3.07. The van der Waals surface area contributed by atoms with E-state index in [4.69, 9.17) is 4.52 Å². The molecule has 0 aliphatic rings. The molecule has 0 saturated carbocycles. The summed E-state index contributed by atoms with van der Waals surface area (Å²) < 4.78 is 17.1. The molecule has 0 aliphatic carbocycles. The predicted molar refractivity (Wildman–Crippen MR) is 70.7 cm³/mol. The number of para-hydroxylation sites is 1. The van der Waals surface area contributed by atoms with E-state index in [1.807, 2.05) is 48.5 Å². The maximum absolute atomic E-state index is 11.8. The van der Waals surface area contributed by atoms with Gasteiger partial charge in [0.2, 0.25) is 0 Å². The van der Waals surface area contributed by atoms with Gasteiger partial charge < -0.3 is 4.52 Å². The summed E-state index contributed by atoms with van der Waals surface area (Å²) in [6.45, 7) is 0. The van der Waals surface area contributed by atoms with E-state index in [0.717, 1.165) is 5.30 Å². The van der Waals surface area contributed by atoms with Gasteiger partial charge in [-0.3, -0.25) is 4.57 Å². The minimum absolute atomic E-state index is 0. The van der Waals surface area contributed by atoms with Gasteiger partial charge >= 0.3 is 37.7 Å². The molecule has 4 heteroatoms. The van der Waals surface area contributed by atoms with Gasteiger partial charge in [0.1, 0.15) is 5.75 Å². The Morgan fingerprint density at radius 2 is 1.31 bits per heavy atom. The molecule has 0 spiro atoms. The molecule has 80 valence electrons. The van der Waals surface area contributed by atoms with Gasteiger partial charge in [0, 0.05) is 5.30 Å². The van der Waals surface area contributed by atoms with Crippen molar-refractivity contribution < 1.29 is 9.09 Å². The Bertz CT molecular complexity index is 445. The van der Waals surface area contributed by atoms with E-state index >= 15 is 0 Å². The van der Waals surface area contributed by atoms with Crippen molar-refractivity contribution >= 4 is 51.1 Å². The quantitative estimate of drug-likeness (QED) is 0.623. The summed E-state index contributed by atoms with van der Waals surface area (Å²) in [7, 11) is -2.17. The molecule has 0 N–H and O–H groups in total. The molecule has 2 aromatic carbocycles. The first-order chi connectivity index (χ1) is 7.36. The first-order valence-corrected chi connectivity index (χ1v) is 6.00. The third-order valence-corrected chi connectivity index (χ3v) is 3.19. The zero-order chi connectivity index (χ0) is 10.5. The molecule has 1 atom stereocenters. The van der Waals surface area contributed by atoms with Gasteiger partial charge in [0.15, 0.2) is 0 Å². The molecule has 0 aromatic heterocycles. The molecule has 2 rings (SSSR count). The van der Waals surface area contributed by atoms with Crippen molar-refractivity contribution in [2.75, 3.05) is 0 Å². The van der Waals surface area contributed by atoms with Crippen molar-refractivity contribution in [1.82, 2.24) is 0 Å². The minimum atomic E-state index is -2.17. The first-order valence-electron chi connectivity index (χ1n) is 4.68. The van der Waals surface area contributed by atoms with Crippen LogP contribution in [0.15, 0.2) is 60.7 Å². The average molecular weight is 260 g/mol. The Labute approximate surface area is 126 Å². The maximum atomic E-state index is 11.8. The summed E-state index contributed by atoms with van der Waals surface area (Å²) in [6.07, 6.45) is 0. The molecule has 1 unspecified atom stereocenters. The van der Waals surface area contributed by atoms with E-state index in [-0.39, 0.29) is 37.7 Å². The van der Waals surface area contributed by atoms with Crippen LogP contribution in [0, 0.1) is 0 Å². The molecule has 0 fully saturated rings. The van der Waals surface area contributed by atoms with Crippen LogP contribution in [0.3, 0.4) is 0 Å². The van der Waals surface area contributed by atoms with E-state index in [0.29, 0.717) is 5.75 Å². The van der Waals surface area contributed by atoms with E-state index in [2.05, 4.69) is 0 Å². The van der Waals surface area contributed by atoms with Gasteiger partial charge in [-0.2, -0.15) is 0 Å². The standard InChI is InChI=1S/C12H11O2P.Ca.2H/c13-15(12-9-5-2-6-10-12)14-11-7-3-1-4-8-11;;;/h1-10,15H;;;. The molecule has 2 nitrogen and oxygen atoms in total. The summed E-state index contributed by atoms with van der Waals surface area (Å²) in [5, 5.41) is 0.742. The number of rotatable bonds is 3. The van der Waals surface area contributed by atoms with E-state index in [9.17, 15) is 4.57 Å².